The van der Waals surface area contributed by atoms with Gasteiger partial charge in [0.15, 0.2) is 5.58 Å². The molecular formula is C8H8N2O4S. The van der Waals surface area contributed by atoms with Crippen molar-refractivity contribution in [2.75, 3.05) is 0 Å². The molecule has 0 unspecified atom stereocenters. The van der Waals surface area contributed by atoms with E-state index in [1.165, 1.54) is 0 Å². The van der Waals surface area contributed by atoms with E-state index in [0.717, 1.165) is 0 Å². The molecule has 0 bridgehead atoms. The third kappa shape index (κ3) is 1.99. The Morgan fingerprint density at radius 3 is 2.87 bits per heavy atom. The lowest BCUT2D eigenvalue weighted by atomic mass is 10.2. The van der Waals surface area contributed by atoms with Crippen molar-refractivity contribution in [1.29, 1.82) is 0 Å². The van der Waals surface area contributed by atoms with Gasteiger partial charge in [-0.15, -0.1) is 0 Å². The van der Waals surface area contributed by atoms with Crippen LogP contribution in [0.5, 0.6) is 0 Å². The molecule has 2 aromatic rings. The highest BCUT2D eigenvalue weighted by molar-refractivity contribution is 7.85. The van der Waals surface area contributed by atoms with Crippen LogP contribution in [0, 0.1) is 0 Å². The highest BCUT2D eigenvalue weighted by Crippen LogP contribution is 2.19. The second-order valence-electron chi connectivity index (χ2n) is 2.92. The van der Waals surface area contributed by atoms with Crippen molar-refractivity contribution in [3.8, 4) is 0 Å². The zero-order valence-electron chi connectivity index (χ0n) is 7.58. The summed E-state index contributed by atoms with van der Waals surface area (Å²) in [5.41, 5.74) is 0.816. The maximum absolute atomic E-state index is 11.1. The maximum Gasteiger partial charge on any atom is 0.288 e. The van der Waals surface area contributed by atoms with Crippen molar-refractivity contribution in [2.45, 2.75) is 5.75 Å². The van der Waals surface area contributed by atoms with E-state index in [4.69, 9.17) is 4.52 Å². The Labute approximate surface area is 85.7 Å². The molecule has 80 valence electrons. The van der Waals surface area contributed by atoms with E-state index in [9.17, 15) is 8.42 Å². The number of hydrogen-bond donors (Lipinski definition) is 1. The minimum Gasteiger partial charge on any atom is -0.356 e. The minimum atomic E-state index is -3.78. The van der Waals surface area contributed by atoms with Gasteiger partial charge < -0.3 is 4.52 Å². The van der Waals surface area contributed by atoms with Gasteiger partial charge in [0.25, 0.3) is 10.1 Å². The first-order valence-corrected chi connectivity index (χ1v) is 5.64. The zero-order valence-corrected chi connectivity index (χ0v) is 8.40. The van der Waals surface area contributed by atoms with E-state index in [1.807, 2.05) is 0 Å². The second kappa shape index (κ2) is 3.61. The van der Waals surface area contributed by atoms with Crippen LogP contribution in [0.15, 0.2) is 28.8 Å². The van der Waals surface area contributed by atoms with Crippen molar-refractivity contribution in [1.82, 2.24) is 5.16 Å². The number of rotatable bonds is 3. The number of benzene rings is 1. The van der Waals surface area contributed by atoms with Gasteiger partial charge in [0, 0.05) is 5.39 Å². The molecule has 0 atom stereocenters. The Kier molecular flexibility index (Phi) is 2.43. The van der Waals surface area contributed by atoms with Crippen molar-refractivity contribution in [3.63, 3.8) is 0 Å². The minimum absolute atomic E-state index is 0.288. The molecule has 1 aromatic heterocycles. The van der Waals surface area contributed by atoms with Crippen LogP contribution in [-0.2, 0) is 20.2 Å². The summed E-state index contributed by atoms with van der Waals surface area (Å²) in [6.07, 6.45) is 0. The van der Waals surface area contributed by atoms with Gasteiger partial charge >= 0.3 is 0 Å². The van der Waals surface area contributed by atoms with Gasteiger partial charge in [-0.05, 0) is 12.1 Å². The van der Waals surface area contributed by atoms with E-state index >= 15 is 0 Å². The van der Waals surface area contributed by atoms with E-state index in [0.29, 0.717) is 11.0 Å². The largest absolute Gasteiger partial charge is 0.356 e. The lowest BCUT2D eigenvalue weighted by Crippen LogP contribution is -2.13. The molecule has 0 saturated carbocycles. The lowest BCUT2D eigenvalue weighted by molar-refractivity contribution is 0.331. The Hall–Kier alpha value is -1.44. The first kappa shape index (κ1) is 10.1. The van der Waals surface area contributed by atoms with Gasteiger partial charge in [0.1, 0.15) is 11.4 Å². The average Bonchev–Trinajstić information content (AvgIpc) is 2.62. The molecule has 0 amide bonds. The van der Waals surface area contributed by atoms with E-state index < -0.39 is 15.9 Å². The van der Waals surface area contributed by atoms with Crippen LogP contribution in [0.1, 0.15) is 5.69 Å². The molecule has 1 aromatic carbocycles. The van der Waals surface area contributed by atoms with Crippen molar-refractivity contribution in [2.24, 2.45) is 5.90 Å². The fourth-order valence-corrected chi connectivity index (χ4v) is 1.85. The van der Waals surface area contributed by atoms with Crippen LogP contribution in [-0.4, -0.2) is 13.6 Å². The molecule has 0 aliphatic rings. The standard InChI is InChI=1S/C8H8N2O4S/c9-14-15(11,12)5-7-6-3-1-2-4-8(6)13-10-7/h1-4H,5,9H2. The molecule has 0 aliphatic heterocycles. The smallest absolute Gasteiger partial charge is 0.288 e. The van der Waals surface area contributed by atoms with Crippen LogP contribution < -0.4 is 5.90 Å². The Balaban J connectivity index is 2.46. The summed E-state index contributed by atoms with van der Waals surface area (Å²) >= 11 is 0. The molecule has 15 heavy (non-hydrogen) atoms. The van der Waals surface area contributed by atoms with Crippen LogP contribution in [0.25, 0.3) is 11.0 Å². The van der Waals surface area contributed by atoms with Gasteiger partial charge in [0.05, 0.1) is 0 Å². The monoisotopic (exact) mass is 228 g/mol. The molecule has 0 fully saturated rings. The zero-order chi connectivity index (χ0) is 10.9. The number of nitrogens with two attached hydrogens (primary N) is 1. The Bertz CT molecular complexity index is 575. The number of hydrogen-bond acceptors (Lipinski definition) is 6. The second-order valence-corrected chi connectivity index (χ2v) is 4.52. The molecule has 0 saturated heterocycles. The molecule has 0 radical (unpaired) electrons. The summed E-state index contributed by atoms with van der Waals surface area (Å²) in [5.74, 6) is 4.22. The average molecular weight is 228 g/mol. The summed E-state index contributed by atoms with van der Waals surface area (Å²) in [7, 11) is -3.78. The summed E-state index contributed by atoms with van der Waals surface area (Å²) in [6, 6.07) is 6.94. The quantitative estimate of drug-likeness (QED) is 0.770. The van der Waals surface area contributed by atoms with Crippen LogP contribution >= 0.6 is 0 Å². The molecule has 6 nitrogen and oxygen atoms in total. The number of para-hydroxylation sites is 1. The lowest BCUT2D eigenvalue weighted by Gasteiger charge is -1.96. The SMILES string of the molecule is NOS(=O)(=O)Cc1noc2ccccc12. The fourth-order valence-electron chi connectivity index (χ4n) is 1.24. The van der Waals surface area contributed by atoms with E-state index in [1.54, 1.807) is 24.3 Å². The first-order chi connectivity index (χ1) is 7.12. The normalized spacial score (nSPS) is 12.1. The van der Waals surface area contributed by atoms with Gasteiger partial charge in [-0.3, -0.25) is 0 Å². The third-order valence-corrected chi connectivity index (χ3v) is 2.83. The van der Waals surface area contributed by atoms with E-state index in [2.05, 4.69) is 15.3 Å². The summed E-state index contributed by atoms with van der Waals surface area (Å²) in [5, 5.41) is 4.28. The third-order valence-electron chi connectivity index (χ3n) is 1.91. The fraction of sp³-hybridized carbons (Fsp3) is 0.125. The Morgan fingerprint density at radius 1 is 1.40 bits per heavy atom. The molecule has 7 heteroatoms. The van der Waals surface area contributed by atoms with Gasteiger partial charge in [-0.1, -0.05) is 17.3 Å². The van der Waals surface area contributed by atoms with Gasteiger partial charge in [-0.25, -0.2) is 0 Å². The van der Waals surface area contributed by atoms with Crippen LogP contribution in [0.4, 0.5) is 0 Å². The predicted molar refractivity (Wildman–Crippen MR) is 51.9 cm³/mol. The number of aromatic nitrogens is 1. The number of fused-ring (bicyclic) bond motifs is 1. The highest BCUT2D eigenvalue weighted by Gasteiger charge is 2.16. The van der Waals surface area contributed by atoms with Crippen molar-refractivity contribution >= 4 is 21.1 Å². The first-order valence-electron chi connectivity index (χ1n) is 4.07. The molecule has 1 heterocycles. The summed E-state index contributed by atoms with van der Waals surface area (Å²) in [4.78, 5) is 0. The summed E-state index contributed by atoms with van der Waals surface area (Å²) in [6.45, 7) is 0. The van der Waals surface area contributed by atoms with Crippen LogP contribution in [0.2, 0.25) is 0 Å². The molecule has 2 N–H and O–H groups in total. The molecule has 2 rings (SSSR count). The van der Waals surface area contributed by atoms with E-state index in [-0.39, 0.29) is 5.69 Å². The molecule has 0 aliphatic carbocycles. The summed E-state index contributed by atoms with van der Waals surface area (Å²) < 4.78 is 30.9. The topological polar surface area (TPSA) is 95.4 Å². The molecular weight excluding hydrogens is 220 g/mol. The van der Waals surface area contributed by atoms with Crippen molar-refractivity contribution in [3.05, 3.63) is 30.0 Å². The van der Waals surface area contributed by atoms with Crippen LogP contribution in [0.3, 0.4) is 0 Å². The number of nitrogens with zero attached hydrogens (tertiary/aromatic N) is 1. The van der Waals surface area contributed by atoms with Gasteiger partial charge in [-0.2, -0.15) is 18.6 Å². The Morgan fingerprint density at radius 2 is 2.13 bits per heavy atom. The maximum atomic E-state index is 11.1. The predicted octanol–water partition coefficient (Wildman–Crippen LogP) is 0.548. The van der Waals surface area contributed by atoms with Crippen molar-refractivity contribution < 1.29 is 17.2 Å². The molecule has 0 spiro atoms. The highest BCUT2D eigenvalue weighted by atomic mass is 32.2. The van der Waals surface area contributed by atoms with Gasteiger partial charge in [0.2, 0.25) is 0 Å².